The first-order valence-corrected chi connectivity index (χ1v) is 7.84. The molecule has 114 valence electrons. The van der Waals surface area contributed by atoms with Crippen LogP contribution in [-0.4, -0.2) is 20.6 Å². The predicted molar refractivity (Wildman–Crippen MR) is 91.5 cm³/mol. The molecule has 0 radical (unpaired) electrons. The molecule has 2 aromatic heterocycles. The van der Waals surface area contributed by atoms with Crippen molar-refractivity contribution in [1.82, 2.24) is 14.6 Å². The highest BCUT2D eigenvalue weighted by Gasteiger charge is 2.14. The van der Waals surface area contributed by atoms with Crippen LogP contribution in [-0.2, 0) is 0 Å². The van der Waals surface area contributed by atoms with Crippen molar-refractivity contribution in [2.45, 2.75) is 33.2 Å². The van der Waals surface area contributed by atoms with Gasteiger partial charge < -0.3 is 5.32 Å². The molecule has 0 aliphatic heterocycles. The van der Waals surface area contributed by atoms with Crippen LogP contribution in [0.15, 0.2) is 36.5 Å². The van der Waals surface area contributed by atoms with E-state index in [9.17, 15) is 0 Å². The molecule has 0 aliphatic carbocycles. The Morgan fingerprint density at radius 2 is 2.05 bits per heavy atom. The van der Waals surface area contributed by atoms with E-state index in [1.807, 2.05) is 48.0 Å². The number of benzene rings is 1. The van der Waals surface area contributed by atoms with E-state index in [0.717, 1.165) is 34.7 Å². The minimum Gasteiger partial charge on any atom is -0.367 e. The average molecular weight is 315 g/mol. The van der Waals surface area contributed by atoms with E-state index in [-0.39, 0.29) is 0 Å². The third kappa shape index (κ3) is 2.66. The minimum absolute atomic E-state index is 0.373. The fourth-order valence-corrected chi connectivity index (χ4v) is 2.65. The Kier molecular flexibility index (Phi) is 4.03. The van der Waals surface area contributed by atoms with Crippen LogP contribution in [0.25, 0.3) is 16.8 Å². The van der Waals surface area contributed by atoms with Gasteiger partial charge in [-0.1, -0.05) is 36.7 Å². The monoisotopic (exact) mass is 314 g/mol. The molecule has 0 aliphatic rings. The van der Waals surface area contributed by atoms with Crippen LogP contribution in [0.1, 0.15) is 26.0 Å². The van der Waals surface area contributed by atoms with Crippen LogP contribution in [0.3, 0.4) is 0 Å². The zero-order valence-corrected chi connectivity index (χ0v) is 13.7. The molecule has 0 bridgehead atoms. The Bertz CT molecular complexity index is 810. The van der Waals surface area contributed by atoms with Gasteiger partial charge in [0.25, 0.3) is 0 Å². The van der Waals surface area contributed by atoms with Gasteiger partial charge in [-0.15, -0.1) is 0 Å². The zero-order chi connectivity index (χ0) is 15.7. The molecule has 22 heavy (non-hydrogen) atoms. The zero-order valence-electron chi connectivity index (χ0n) is 13.0. The molecule has 0 amide bonds. The lowest BCUT2D eigenvalue weighted by Crippen LogP contribution is -2.16. The maximum Gasteiger partial charge on any atom is 0.165 e. The van der Waals surface area contributed by atoms with Crippen molar-refractivity contribution in [1.29, 1.82) is 0 Å². The first-order valence-electron chi connectivity index (χ1n) is 7.47. The van der Waals surface area contributed by atoms with Gasteiger partial charge in [0.15, 0.2) is 5.65 Å². The summed E-state index contributed by atoms with van der Waals surface area (Å²) < 4.78 is 1.85. The summed E-state index contributed by atoms with van der Waals surface area (Å²) in [4.78, 5) is 4.65. The highest BCUT2D eigenvalue weighted by molar-refractivity contribution is 6.33. The van der Waals surface area contributed by atoms with E-state index >= 15 is 0 Å². The lowest BCUT2D eigenvalue weighted by molar-refractivity contribution is 0.748. The van der Waals surface area contributed by atoms with Crippen LogP contribution in [0.4, 0.5) is 5.82 Å². The molecule has 0 spiro atoms. The molecule has 4 nitrogen and oxygen atoms in total. The van der Waals surface area contributed by atoms with Crippen LogP contribution < -0.4 is 5.32 Å². The molecule has 2 heterocycles. The van der Waals surface area contributed by atoms with Crippen molar-refractivity contribution in [3.05, 3.63) is 47.2 Å². The van der Waals surface area contributed by atoms with E-state index < -0.39 is 0 Å². The second kappa shape index (κ2) is 5.97. The van der Waals surface area contributed by atoms with E-state index in [1.165, 1.54) is 0 Å². The van der Waals surface area contributed by atoms with Gasteiger partial charge in [0.1, 0.15) is 5.82 Å². The van der Waals surface area contributed by atoms with Crippen LogP contribution >= 0.6 is 11.6 Å². The Morgan fingerprint density at radius 3 is 2.77 bits per heavy atom. The standard InChI is InChI=1S/C17H19ClN4/c1-4-11(2)20-16-9-12(3)21-17-14(10-19-22(16)17)13-7-5-6-8-15(13)18/h5-11,20H,4H2,1-3H3/t11-/m0/s1. The maximum atomic E-state index is 6.32. The average Bonchev–Trinajstić information content (AvgIpc) is 2.91. The fourth-order valence-electron chi connectivity index (χ4n) is 2.41. The molecule has 3 rings (SSSR count). The Morgan fingerprint density at radius 1 is 1.27 bits per heavy atom. The van der Waals surface area contributed by atoms with Gasteiger partial charge in [0.05, 0.1) is 6.20 Å². The van der Waals surface area contributed by atoms with Crippen molar-refractivity contribution < 1.29 is 0 Å². The van der Waals surface area contributed by atoms with Crippen molar-refractivity contribution in [2.75, 3.05) is 5.32 Å². The van der Waals surface area contributed by atoms with E-state index in [4.69, 9.17) is 11.6 Å². The van der Waals surface area contributed by atoms with Crippen molar-refractivity contribution in [2.24, 2.45) is 0 Å². The number of fused-ring (bicyclic) bond motifs is 1. The molecule has 1 N–H and O–H groups in total. The van der Waals surface area contributed by atoms with E-state index in [2.05, 4.69) is 29.2 Å². The summed E-state index contributed by atoms with van der Waals surface area (Å²) in [6, 6.07) is 10.2. The minimum atomic E-state index is 0.373. The van der Waals surface area contributed by atoms with Crippen LogP contribution in [0.5, 0.6) is 0 Å². The lowest BCUT2D eigenvalue weighted by Gasteiger charge is -2.14. The number of nitrogens with zero attached hydrogens (tertiary/aromatic N) is 3. The summed E-state index contributed by atoms with van der Waals surface area (Å²) in [5.41, 5.74) is 3.67. The SMILES string of the molecule is CC[C@H](C)Nc1cc(C)nc2c(-c3ccccc3Cl)cnn12. The fraction of sp³-hybridized carbons (Fsp3) is 0.294. The Hall–Kier alpha value is -2.07. The summed E-state index contributed by atoms with van der Waals surface area (Å²) in [5.74, 6) is 0.954. The van der Waals surface area contributed by atoms with Crippen LogP contribution in [0.2, 0.25) is 5.02 Å². The molecular formula is C17H19ClN4. The van der Waals surface area contributed by atoms with Gasteiger partial charge in [0.2, 0.25) is 0 Å². The normalized spacial score (nSPS) is 12.5. The van der Waals surface area contributed by atoms with E-state index in [1.54, 1.807) is 0 Å². The van der Waals surface area contributed by atoms with Gasteiger partial charge >= 0.3 is 0 Å². The Balaban J connectivity index is 2.17. The summed E-state index contributed by atoms with van der Waals surface area (Å²) in [6.07, 6.45) is 2.87. The predicted octanol–water partition coefficient (Wildman–Crippen LogP) is 4.57. The Labute approximate surface area is 135 Å². The third-order valence-electron chi connectivity index (χ3n) is 3.77. The number of halogens is 1. The molecule has 0 saturated heterocycles. The van der Waals surface area contributed by atoms with Crippen molar-refractivity contribution in [3.8, 4) is 11.1 Å². The number of rotatable bonds is 4. The lowest BCUT2D eigenvalue weighted by atomic mass is 10.1. The number of anilines is 1. The van der Waals surface area contributed by atoms with Crippen molar-refractivity contribution >= 4 is 23.1 Å². The summed E-state index contributed by atoms with van der Waals surface area (Å²) in [6.45, 7) is 6.30. The summed E-state index contributed by atoms with van der Waals surface area (Å²) in [5, 5.41) is 8.69. The van der Waals surface area contributed by atoms with Gasteiger partial charge in [0, 0.05) is 34.0 Å². The van der Waals surface area contributed by atoms with Crippen molar-refractivity contribution in [3.63, 3.8) is 0 Å². The quantitative estimate of drug-likeness (QED) is 0.767. The second-order valence-electron chi connectivity index (χ2n) is 5.51. The molecule has 0 fully saturated rings. The number of hydrogen-bond acceptors (Lipinski definition) is 3. The molecule has 3 aromatic rings. The summed E-state index contributed by atoms with van der Waals surface area (Å²) >= 11 is 6.32. The first kappa shape index (κ1) is 14.9. The van der Waals surface area contributed by atoms with Gasteiger partial charge in [-0.3, -0.25) is 0 Å². The number of aromatic nitrogens is 3. The maximum absolute atomic E-state index is 6.32. The van der Waals surface area contributed by atoms with Gasteiger partial charge in [-0.2, -0.15) is 9.61 Å². The molecule has 5 heteroatoms. The molecular weight excluding hydrogens is 296 g/mol. The number of hydrogen-bond donors (Lipinski definition) is 1. The number of nitrogens with one attached hydrogen (secondary N) is 1. The highest BCUT2D eigenvalue weighted by atomic mass is 35.5. The largest absolute Gasteiger partial charge is 0.367 e. The smallest absolute Gasteiger partial charge is 0.165 e. The molecule has 0 unspecified atom stereocenters. The van der Waals surface area contributed by atoms with Crippen LogP contribution in [0, 0.1) is 6.92 Å². The van der Waals surface area contributed by atoms with Gasteiger partial charge in [-0.05, 0) is 26.3 Å². The second-order valence-corrected chi connectivity index (χ2v) is 5.92. The topological polar surface area (TPSA) is 42.2 Å². The van der Waals surface area contributed by atoms with E-state index in [0.29, 0.717) is 11.1 Å². The molecule has 1 aromatic carbocycles. The summed E-state index contributed by atoms with van der Waals surface area (Å²) in [7, 11) is 0. The highest BCUT2D eigenvalue weighted by Crippen LogP contribution is 2.31. The number of aryl methyl sites for hydroxylation is 1. The molecule has 1 atom stereocenters. The first-order chi connectivity index (χ1) is 10.6. The molecule has 0 saturated carbocycles. The van der Waals surface area contributed by atoms with Gasteiger partial charge in [-0.25, -0.2) is 4.98 Å². The third-order valence-corrected chi connectivity index (χ3v) is 4.10.